The molecular formula is C14H17N3O2. The fraction of sp³-hybridized carbons (Fsp3) is 0.429. The van der Waals surface area contributed by atoms with Crippen molar-refractivity contribution < 1.29 is 9.26 Å². The molecule has 1 saturated heterocycles. The van der Waals surface area contributed by atoms with Crippen LogP contribution in [-0.4, -0.2) is 29.4 Å². The van der Waals surface area contributed by atoms with Crippen LogP contribution in [0.4, 0.5) is 0 Å². The van der Waals surface area contributed by atoms with Crippen LogP contribution in [0.25, 0.3) is 0 Å². The van der Waals surface area contributed by atoms with E-state index in [-0.39, 0.29) is 12.0 Å². The zero-order valence-corrected chi connectivity index (χ0v) is 10.9. The van der Waals surface area contributed by atoms with Gasteiger partial charge in [0.25, 0.3) is 0 Å². The van der Waals surface area contributed by atoms with Gasteiger partial charge in [0.1, 0.15) is 0 Å². The van der Waals surface area contributed by atoms with Crippen LogP contribution in [0.3, 0.4) is 0 Å². The average molecular weight is 259 g/mol. The van der Waals surface area contributed by atoms with Crippen LogP contribution >= 0.6 is 0 Å². The molecular weight excluding hydrogens is 242 g/mol. The van der Waals surface area contributed by atoms with Crippen LogP contribution < -0.4 is 5.73 Å². The molecule has 1 aromatic carbocycles. The molecule has 2 unspecified atom stereocenters. The Bertz CT molecular complexity index is 550. The first-order valence-electron chi connectivity index (χ1n) is 6.44. The number of nitrogens with zero attached hydrogens (tertiary/aromatic N) is 2. The predicted octanol–water partition coefficient (Wildman–Crippen LogP) is 1.41. The maximum absolute atomic E-state index is 5.94. The second-order valence-electron chi connectivity index (χ2n) is 5.02. The van der Waals surface area contributed by atoms with Gasteiger partial charge in [-0.3, -0.25) is 0 Å². The summed E-state index contributed by atoms with van der Waals surface area (Å²) in [5.74, 6) is 1.31. The predicted molar refractivity (Wildman–Crippen MR) is 69.8 cm³/mol. The zero-order valence-electron chi connectivity index (χ0n) is 10.9. The lowest BCUT2D eigenvalue weighted by Crippen LogP contribution is -2.27. The lowest BCUT2D eigenvalue weighted by molar-refractivity contribution is 0.187. The minimum Gasteiger partial charge on any atom is -0.379 e. The van der Waals surface area contributed by atoms with Crippen molar-refractivity contribution in [1.29, 1.82) is 0 Å². The molecule has 3 rings (SSSR count). The fourth-order valence-corrected chi connectivity index (χ4v) is 2.20. The summed E-state index contributed by atoms with van der Waals surface area (Å²) < 4.78 is 10.6. The van der Waals surface area contributed by atoms with Gasteiger partial charge in [0.2, 0.25) is 5.89 Å². The Morgan fingerprint density at radius 1 is 1.26 bits per heavy atom. The first-order chi connectivity index (χ1) is 9.22. The second kappa shape index (κ2) is 5.11. The van der Waals surface area contributed by atoms with Gasteiger partial charge in [0.05, 0.1) is 19.1 Å². The van der Waals surface area contributed by atoms with Crippen molar-refractivity contribution in [3.63, 3.8) is 0 Å². The number of aryl methyl sites for hydroxylation is 1. The molecule has 0 aliphatic carbocycles. The number of nitrogens with two attached hydrogens (primary N) is 1. The summed E-state index contributed by atoms with van der Waals surface area (Å²) in [6, 6.07) is 8.27. The molecule has 1 aliphatic heterocycles. The van der Waals surface area contributed by atoms with E-state index >= 15 is 0 Å². The van der Waals surface area contributed by atoms with E-state index in [1.54, 1.807) is 0 Å². The van der Waals surface area contributed by atoms with E-state index in [1.807, 2.05) is 0 Å². The third kappa shape index (κ3) is 2.67. The first kappa shape index (κ1) is 12.3. The van der Waals surface area contributed by atoms with Crippen molar-refractivity contribution in [3.8, 4) is 0 Å². The van der Waals surface area contributed by atoms with Gasteiger partial charge >= 0.3 is 0 Å². The largest absolute Gasteiger partial charge is 0.379 e. The topological polar surface area (TPSA) is 74.2 Å². The van der Waals surface area contributed by atoms with E-state index in [1.165, 1.54) is 11.1 Å². The zero-order chi connectivity index (χ0) is 13.2. The van der Waals surface area contributed by atoms with Crippen molar-refractivity contribution in [2.75, 3.05) is 13.2 Å². The second-order valence-corrected chi connectivity index (χ2v) is 5.02. The lowest BCUT2D eigenvalue weighted by Gasteiger charge is -2.06. The molecule has 2 aromatic rings. The Morgan fingerprint density at radius 2 is 2.05 bits per heavy atom. The molecule has 0 bridgehead atoms. The molecule has 1 aromatic heterocycles. The molecule has 0 amide bonds. The van der Waals surface area contributed by atoms with E-state index in [4.69, 9.17) is 15.0 Å². The van der Waals surface area contributed by atoms with Gasteiger partial charge in [-0.15, -0.1) is 0 Å². The Balaban J connectivity index is 1.72. The Hall–Kier alpha value is -1.72. The normalized spacial score (nSPS) is 22.8. The molecule has 5 heteroatoms. The Kier molecular flexibility index (Phi) is 3.31. The third-order valence-electron chi connectivity index (χ3n) is 3.41. The van der Waals surface area contributed by atoms with E-state index in [2.05, 4.69) is 41.3 Å². The molecule has 100 valence electrons. The van der Waals surface area contributed by atoms with Gasteiger partial charge in [-0.25, -0.2) is 0 Å². The van der Waals surface area contributed by atoms with Crippen molar-refractivity contribution in [2.24, 2.45) is 5.73 Å². The fourth-order valence-electron chi connectivity index (χ4n) is 2.20. The van der Waals surface area contributed by atoms with E-state index in [0.717, 1.165) is 0 Å². The van der Waals surface area contributed by atoms with Crippen LogP contribution in [0.5, 0.6) is 0 Å². The minimum atomic E-state index is -0.0484. The molecule has 2 heterocycles. The number of aromatic nitrogens is 2. The number of rotatable bonds is 3. The maximum atomic E-state index is 5.94. The van der Waals surface area contributed by atoms with E-state index in [0.29, 0.717) is 31.3 Å². The van der Waals surface area contributed by atoms with Crippen LogP contribution in [-0.2, 0) is 11.2 Å². The first-order valence-corrected chi connectivity index (χ1v) is 6.44. The van der Waals surface area contributed by atoms with Gasteiger partial charge in [0.15, 0.2) is 5.82 Å². The van der Waals surface area contributed by atoms with Crippen molar-refractivity contribution in [2.45, 2.75) is 25.3 Å². The number of hydrogen-bond donors (Lipinski definition) is 1. The highest BCUT2D eigenvalue weighted by atomic mass is 16.5. The molecule has 1 aliphatic rings. The highest BCUT2D eigenvalue weighted by Gasteiger charge is 2.31. The molecule has 2 atom stereocenters. The van der Waals surface area contributed by atoms with Crippen molar-refractivity contribution >= 4 is 0 Å². The summed E-state index contributed by atoms with van der Waals surface area (Å²) in [7, 11) is 0. The molecule has 0 saturated carbocycles. The van der Waals surface area contributed by atoms with Crippen molar-refractivity contribution in [1.82, 2.24) is 10.1 Å². The molecule has 19 heavy (non-hydrogen) atoms. The SMILES string of the molecule is Cc1ccc(Cc2noc(C3COCC3N)n2)cc1. The van der Waals surface area contributed by atoms with Gasteiger partial charge in [-0.1, -0.05) is 35.0 Å². The average Bonchev–Trinajstić information content (AvgIpc) is 3.01. The van der Waals surface area contributed by atoms with Crippen LogP contribution in [0.2, 0.25) is 0 Å². The van der Waals surface area contributed by atoms with Crippen LogP contribution in [0.1, 0.15) is 28.8 Å². The summed E-state index contributed by atoms with van der Waals surface area (Å²) in [5, 5.41) is 4.02. The quantitative estimate of drug-likeness (QED) is 0.902. The standard InChI is InChI=1S/C14H17N3O2/c1-9-2-4-10(5-3-9)6-13-16-14(19-17-13)11-7-18-8-12(11)15/h2-5,11-12H,6-8,15H2,1H3. The van der Waals surface area contributed by atoms with Gasteiger partial charge in [-0.2, -0.15) is 4.98 Å². The highest BCUT2D eigenvalue weighted by Crippen LogP contribution is 2.23. The summed E-state index contributed by atoms with van der Waals surface area (Å²) in [6.45, 7) is 3.19. The number of benzene rings is 1. The van der Waals surface area contributed by atoms with Gasteiger partial charge in [-0.05, 0) is 12.5 Å². The summed E-state index contributed by atoms with van der Waals surface area (Å²) in [4.78, 5) is 4.42. The molecule has 1 fully saturated rings. The monoisotopic (exact) mass is 259 g/mol. The molecule has 5 nitrogen and oxygen atoms in total. The smallest absolute Gasteiger partial charge is 0.233 e. The Morgan fingerprint density at radius 3 is 2.74 bits per heavy atom. The van der Waals surface area contributed by atoms with E-state index < -0.39 is 0 Å². The lowest BCUT2D eigenvalue weighted by atomic mass is 10.1. The summed E-state index contributed by atoms with van der Waals surface area (Å²) in [6.07, 6.45) is 0.673. The third-order valence-corrected chi connectivity index (χ3v) is 3.41. The maximum Gasteiger partial charge on any atom is 0.233 e. The van der Waals surface area contributed by atoms with E-state index in [9.17, 15) is 0 Å². The van der Waals surface area contributed by atoms with Crippen LogP contribution in [0.15, 0.2) is 28.8 Å². The molecule has 0 radical (unpaired) electrons. The van der Waals surface area contributed by atoms with Gasteiger partial charge < -0.3 is 15.0 Å². The van der Waals surface area contributed by atoms with Gasteiger partial charge in [0, 0.05) is 12.5 Å². The molecule has 0 spiro atoms. The van der Waals surface area contributed by atoms with Crippen LogP contribution in [0, 0.1) is 6.92 Å². The summed E-state index contributed by atoms with van der Waals surface area (Å²) >= 11 is 0. The highest BCUT2D eigenvalue weighted by molar-refractivity contribution is 5.23. The minimum absolute atomic E-state index is 0.0271. The summed E-state index contributed by atoms with van der Waals surface area (Å²) in [5.41, 5.74) is 8.35. The number of ether oxygens (including phenoxy) is 1. The molecule has 2 N–H and O–H groups in total. The number of hydrogen-bond acceptors (Lipinski definition) is 5. The van der Waals surface area contributed by atoms with Crippen molar-refractivity contribution in [3.05, 3.63) is 47.1 Å². The Labute approximate surface area is 111 Å².